The predicted octanol–water partition coefficient (Wildman–Crippen LogP) is 2.40. The number of carbonyl (C=O) groups is 2. The van der Waals surface area contributed by atoms with E-state index in [4.69, 9.17) is 4.74 Å². The molecule has 0 aliphatic carbocycles. The number of anilines is 1. The number of thiophene rings is 1. The monoisotopic (exact) mass is 318 g/mol. The second-order valence-corrected chi connectivity index (χ2v) is 5.56. The fraction of sp³-hybridized carbons (Fsp3) is 0.250. The second-order valence-electron chi connectivity index (χ2n) is 4.61. The van der Waals surface area contributed by atoms with Gasteiger partial charge >= 0.3 is 0 Å². The summed E-state index contributed by atoms with van der Waals surface area (Å²) in [4.78, 5) is 26.8. The van der Waals surface area contributed by atoms with Crippen LogP contribution < -0.4 is 10.2 Å². The van der Waals surface area contributed by atoms with Crippen molar-refractivity contribution in [2.45, 2.75) is 0 Å². The highest BCUT2D eigenvalue weighted by Crippen LogP contribution is 2.22. The topological polar surface area (TPSA) is 58.6 Å². The van der Waals surface area contributed by atoms with Crippen LogP contribution in [-0.2, 0) is 4.74 Å². The van der Waals surface area contributed by atoms with E-state index in [1.165, 1.54) is 16.2 Å². The molecule has 0 atom stereocenters. The number of rotatable bonds is 6. The van der Waals surface area contributed by atoms with Gasteiger partial charge in [0.2, 0.25) is 0 Å². The van der Waals surface area contributed by atoms with Crippen LogP contribution in [0.2, 0.25) is 0 Å². The summed E-state index contributed by atoms with van der Waals surface area (Å²) in [5, 5.41) is 4.62. The van der Waals surface area contributed by atoms with E-state index in [0.717, 1.165) is 0 Å². The van der Waals surface area contributed by atoms with Gasteiger partial charge in [0.15, 0.2) is 0 Å². The zero-order chi connectivity index (χ0) is 15.9. The normalized spacial score (nSPS) is 10.3. The van der Waals surface area contributed by atoms with E-state index in [1.807, 2.05) is 11.4 Å². The number of para-hydroxylation sites is 1. The molecule has 116 valence electrons. The van der Waals surface area contributed by atoms with E-state index in [2.05, 4.69) is 5.32 Å². The molecule has 1 heterocycles. The molecule has 0 aliphatic heterocycles. The highest BCUT2D eigenvalue weighted by atomic mass is 32.1. The van der Waals surface area contributed by atoms with E-state index in [9.17, 15) is 9.59 Å². The molecule has 2 rings (SSSR count). The summed E-state index contributed by atoms with van der Waals surface area (Å²) in [7, 11) is 3.25. The van der Waals surface area contributed by atoms with E-state index < -0.39 is 0 Å². The third-order valence-electron chi connectivity index (χ3n) is 3.14. The van der Waals surface area contributed by atoms with Gasteiger partial charge in [0.25, 0.3) is 11.8 Å². The lowest BCUT2D eigenvalue weighted by Gasteiger charge is -2.19. The van der Waals surface area contributed by atoms with Gasteiger partial charge in [-0.1, -0.05) is 18.2 Å². The minimum atomic E-state index is -0.224. The molecule has 0 spiro atoms. The van der Waals surface area contributed by atoms with Gasteiger partial charge in [-0.2, -0.15) is 0 Å². The van der Waals surface area contributed by atoms with Crippen LogP contribution in [0.25, 0.3) is 0 Å². The van der Waals surface area contributed by atoms with Crippen molar-refractivity contribution in [3.63, 3.8) is 0 Å². The number of methoxy groups -OCH3 is 1. The maximum Gasteiger partial charge on any atom is 0.268 e. The Labute approximate surface area is 133 Å². The molecule has 1 aromatic heterocycles. The van der Waals surface area contributed by atoms with Crippen LogP contribution in [0, 0.1) is 0 Å². The molecule has 0 saturated carbocycles. The van der Waals surface area contributed by atoms with Crippen molar-refractivity contribution in [1.82, 2.24) is 5.32 Å². The van der Waals surface area contributed by atoms with Crippen LogP contribution in [0.4, 0.5) is 5.69 Å². The number of ether oxygens (including phenoxy) is 1. The number of hydrogen-bond donors (Lipinski definition) is 1. The average molecular weight is 318 g/mol. The number of nitrogens with zero attached hydrogens (tertiary/aromatic N) is 1. The first-order valence-electron chi connectivity index (χ1n) is 6.83. The Bertz CT molecular complexity index is 641. The van der Waals surface area contributed by atoms with E-state index in [-0.39, 0.29) is 11.8 Å². The highest BCUT2D eigenvalue weighted by molar-refractivity contribution is 7.12. The Morgan fingerprint density at radius 2 is 2.00 bits per heavy atom. The van der Waals surface area contributed by atoms with Crippen LogP contribution >= 0.6 is 11.3 Å². The van der Waals surface area contributed by atoms with E-state index >= 15 is 0 Å². The van der Waals surface area contributed by atoms with Crippen LogP contribution in [0.3, 0.4) is 0 Å². The molecule has 1 aromatic carbocycles. The van der Waals surface area contributed by atoms with Gasteiger partial charge in [-0.15, -0.1) is 11.3 Å². The molecule has 2 aromatic rings. The molecule has 6 heteroatoms. The Balaban J connectivity index is 2.20. The molecule has 22 heavy (non-hydrogen) atoms. The molecule has 0 saturated heterocycles. The number of amides is 2. The number of nitrogens with one attached hydrogen (secondary N) is 1. The molecule has 0 radical (unpaired) electrons. The second kappa shape index (κ2) is 7.72. The van der Waals surface area contributed by atoms with Gasteiger partial charge < -0.3 is 15.0 Å². The summed E-state index contributed by atoms with van der Waals surface area (Å²) >= 11 is 1.38. The summed E-state index contributed by atoms with van der Waals surface area (Å²) in [6.45, 7) is 0.865. The first kappa shape index (κ1) is 16.2. The standard InChI is InChI=1S/C16H18N2O3S/c1-18(16(20)14-8-5-11-22-14)13-7-4-3-6-12(13)15(19)17-9-10-21-2/h3-8,11H,9-10H2,1-2H3,(H,17,19). The minimum Gasteiger partial charge on any atom is -0.383 e. The van der Waals surface area contributed by atoms with Gasteiger partial charge in [-0.3, -0.25) is 9.59 Å². The van der Waals surface area contributed by atoms with Crippen LogP contribution in [0.15, 0.2) is 41.8 Å². The number of carbonyl (C=O) groups excluding carboxylic acids is 2. The summed E-state index contributed by atoms with van der Waals surface area (Å²) in [5.41, 5.74) is 1.04. The van der Waals surface area contributed by atoms with Crippen LogP contribution in [-0.4, -0.2) is 39.1 Å². The third-order valence-corrected chi connectivity index (χ3v) is 4.00. The minimum absolute atomic E-state index is 0.132. The zero-order valence-corrected chi connectivity index (χ0v) is 13.4. The van der Waals surface area contributed by atoms with Gasteiger partial charge in [0.05, 0.1) is 22.7 Å². The Kier molecular flexibility index (Phi) is 5.68. The van der Waals surface area contributed by atoms with Gasteiger partial charge in [-0.05, 0) is 23.6 Å². The summed E-state index contributed by atoms with van der Waals surface area (Å²) in [6.07, 6.45) is 0. The summed E-state index contributed by atoms with van der Waals surface area (Å²) < 4.78 is 4.92. The lowest BCUT2D eigenvalue weighted by molar-refractivity contribution is 0.0937. The van der Waals surface area contributed by atoms with Crippen molar-refractivity contribution in [2.24, 2.45) is 0 Å². The average Bonchev–Trinajstić information content (AvgIpc) is 3.08. The molecule has 0 bridgehead atoms. The molecule has 0 unspecified atom stereocenters. The fourth-order valence-electron chi connectivity index (χ4n) is 1.99. The van der Waals surface area contributed by atoms with Crippen LogP contribution in [0.1, 0.15) is 20.0 Å². The SMILES string of the molecule is COCCNC(=O)c1ccccc1N(C)C(=O)c1cccs1. The van der Waals surface area contributed by atoms with E-state index in [1.54, 1.807) is 44.5 Å². The molecule has 0 fully saturated rings. The van der Waals surface area contributed by atoms with Gasteiger partial charge in [0.1, 0.15) is 0 Å². The van der Waals surface area contributed by atoms with Crippen molar-refractivity contribution < 1.29 is 14.3 Å². The molecular weight excluding hydrogens is 300 g/mol. The molecular formula is C16H18N2O3S. The third kappa shape index (κ3) is 3.72. The molecule has 5 nitrogen and oxygen atoms in total. The van der Waals surface area contributed by atoms with E-state index in [0.29, 0.717) is 29.3 Å². The molecule has 2 amide bonds. The van der Waals surface area contributed by atoms with Crippen molar-refractivity contribution >= 4 is 28.8 Å². The maximum absolute atomic E-state index is 12.4. The van der Waals surface area contributed by atoms with Crippen LogP contribution in [0.5, 0.6) is 0 Å². The van der Waals surface area contributed by atoms with Crippen molar-refractivity contribution in [3.8, 4) is 0 Å². The maximum atomic E-state index is 12.4. The quantitative estimate of drug-likeness (QED) is 0.832. The highest BCUT2D eigenvalue weighted by Gasteiger charge is 2.19. The zero-order valence-electron chi connectivity index (χ0n) is 12.5. The number of hydrogen-bond acceptors (Lipinski definition) is 4. The lowest BCUT2D eigenvalue weighted by Crippen LogP contribution is -2.31. The van der Waals surface area contributed by atoms with Gasteiger partial charge in [-0.25, -0.2) is 0 Å². The lowest BCUT2D eigenvalue weighted by atomic mass is 10.1. The van der Waals surface area contributed by atoms with Crippen molar-refractivity contribution in [3.05, 3.63) is 52.2 Å². The Hall–Kier alpha value is -2.18. The summed E-state index contributed by atoms with van der Waals surface area (Å²) in [6, 6.07) is 10.6. The Morgan fingerprint density at radius 3 is 2.68 bits per heavy atom. The summed E-state index contributed by atoms with van der Waals surface area (Å²) in [5.74, 6) is -0.356. The van der Waals surface area contributed by atoms with Gasteiger partial charge in [0, 0.05) is 20.7 Å². The largest absolute Gasteiger partial charge is 0.383 e. The smallest absolute Gasteiger partial charge is 0.268 e. The Morgan fingerprint density at radius 1 is 1.23 bits per heavy atom. The van der Waals surface area contributed by atoms with Crippen molar-refractivity contribution in [2.75, 3.05) is 32.2 Å². The molecule has 0 aliphatic rings. The molecule has 1 N–H and O–H groups in total. The first-order chi connectivity index (χ1) is 10.6. The first-order valence-corrected chi connectivity index (χ1v) is 7.71. The van der Waals surface area contributed by atoms with Crippen molar-refractivity contribution in [1.29, 1.82) is 0 Å². The fourth-order valence-corrected chi connectivity index (χ4v) is 2.69. The number of benzene rings is 1. The predicted molar refractivity (Wildman–Crippen MR) is 87.7 cm³/mol.